The highest BCUT2D eigenvalue weighted by atomic mass is 16.5. The fourth-order valence-corrected chi connectivity index (χ4v) is 1.27. The summed E-state index contributed by atoms with van der Waals surface area (Å²) in [6.45, 7) is 1.55. The molecule has 1 aromatic rings. The Morgan fingerprint density at radius 3 is 2.47 bits per heavy atom. The number of hydrazine groups is 1. The van der Waals surface area contributed by atoms with Crippen LogP contribution in [0.2, 0.25) is 0 Å². The number of carbonyl (C=O) groups is 2. The van der Waals surface area contributed by atoms with Gasteiger partial charge >= 0.3 is 0 Å². The van der Waals surface area contributed by atoms with E-state index < -0.39 is 0 Å². The average molecular weight is 236 g/mol. The van der Waals surface area contributed by atoms with Gasteiger partial charge in [-0.25, -0.2) is 5.84 Å². The van der Waals surface area contributed by atoms with Crippen molar-refractivity contribution >= 4 is 11.7 Å². The van der Waals surface area contributed by atoms with Gasteiger partial charge in [-0.15, -0.1) is 0 Å². The number of rotatable bonds is 6. The Kier molecular flexibility index (Phi) is 5.16. The van der Waals surface area contributed by atoms with Crippen molar-refractivity contribution in [1.29, 1.82) is 0 Å². The van der Waals surface area contributed by atoms with Gasteiger partial charge in [-0.1, -0.05) is 12.1 Å². The molecule has 0 aliphatic rings. The second-order valence-corrected chi connectivity index (χ2v) is 3.70. The van der Waals surface area contributed by atoms with E-state index in [9.17, 15) is 9.59 Å². The molecule has 0 aliphatic carbocycles. The number of nitrogens with one attached hydrogen (secondary N) is 1. The second kappa shape index (κ2) is 6.65. The molecule has 0 bridgehead atoms. The third kappa shape index (κ3) is 5.12. The lowest BCUT2D eigenvalue weighted by molar-refractivity contribution is -0.121. The van der Waals surface area contributed by atoms with E-state index in [1.807, 2.05) is 12.1 Å². The monoisotopic (exact) mass is 236 g/mol. The maximum atomic E-state index is 10.9. The predicted molar refractivity (Wildman–Crippen MR) is 63.3 cm³/mol. The van der Waals surface area contributed by atoms with Gasteiger partial charge in [0.25, 0.3) is 0 Å². The topological polar surface area (TPSA) is 81.4 Å². The van der Waals surface area contributed by atoms with Gasteiger partial charge in [0.1, 0.15) is 12.4 Å². The molecule has 92 valence electrons. The molecule has 1 amide bonds. The zero-order valence-electron chi connectivity index (χ0n) is 9.73. The van der Waals surface area contributed by atoms with Gasteiger partial charge < -0.3 is 4.74 Å². The number of Topliss-reactive ketones (excluding diaryl/α,β-unsaturated/α-hetero) is 1. The van der Waals surface area contributed by atoms with Crippen molar-refractivity contribution in [1.82, 2.24) is 5.43 Å². The summed E-state index contributed by atoms with van der Waals surface area (Å²) in [7, 11) is 0. The summed E-state index contributed by atoms with van der Waals surface area (Å²) >= 11 is 0. The van der Waals surface area contributed by atoms with Crippen molar-refractivity contribution in [2.75, 3.05) is 6.61 Å². The van der Waals surface area contributed by atoms with Gasteiger partial charge in [-0.3, -0.25) is 15.0 Å². The maximum Gasteiger partial charge on any atom is 0.234 e. The molecule has 0 spiro atoms. The van der Waals surface area contributed by atoms with E-state index in [2.05, 4.69) is 5.43 Å². The van der Waals surface area contributed by atoms with Gasteiger partial charge in [0.2, 0.25) is 5.91 Å². The summed E-state index contributed by atoms with van der Waals surface area (Å²) in [4.78, 5) is 21.6. The Balaban J connectivity index is 2.44. The SMILES string of the molecule is CC(=O)COc1ccc(CCC(=O)NN)cc1. The number of nitrogens with two attached hydrogens (primary N) is 1. The Bertz CT molecular complexity index is 387. The molecule has 0 aromatic heterocycles. The van der Waals surface area contributed by atoms with Crippen LogP contribution in [0.5, 0.6) is 5.75 Å². The zero-order chi connectivity index (χ0) is 12.7. The lowest BCUT2D eigenvalue weighted by atomic mass is 10.1. The largest absolute Gasteiger partial charge is 0.486 e. The maximum absolute atomic E-state index is 10.9. The fourth-order valence-electron chi connectivity index (χ4n) is 1.27. The number of ether oxygens (including phenoxy) is 1. The van der Waals surface area contributed by atoms with Crippen LogP contribution in [0, 0.1) is 0 Å². The Labute approximate surface area is 99.9 Å². The summed E-state index contributed by atoms with van der Waals surface area (Å²) < 4.78 is 5.22. The van der Waals surface area contributed by atoms with Crippen molar-refractivity contribution in [3.05, 3.63) is 29.8 Å². The van der Waals surface area contributed by atoms with Gasteiger partial charge in [0.15, 0.2) is 5.78 Å². The number of aryl methyl sites for hydroxylation is 1. The van der Waals surface area contributed by atoms with E-state index in [0.717, 1.165) is 5.56 Å². The summed E-state index contributed by atoms with van der Waals surface area (Å²) in [5, 5.41) is 0. The molecule has 5 nitrogen and oxygen atoms in total. The van der Waals surface area contributed by atoms with E-state index in [0.29, 0.717) is 18.6 Å². The van der Waals surface area contributed by atoms with E-state index in [1.165, 1.54) is 6.92 Å². The Hall–Kier alpha value is -1.88. The smallest absolute Gasteiger partial charge is 0.234 e. The molecule has 1 aromatic carbocycles. The minimum Gasteiger partial charge on any atom is -0.486 e. The third-order valence-corrected chi connectivity index (χ3v) is 2.17. The molecular formula is C12H16N2O3. The Morgan fingerprint density at radius 1 is 1.29 bits per heavy atom. The highest BCUT2D eigenvalue weighted by Crippen LogP contribution is 2.13. The highest BCUT2D eigenvalue weighted by molar-refractivity contribution is 5.77. The van der Waals surface area contributed by atoms with E-state index >= 15 is 0 Å². The Morgan fingerprint density at radius 2 is 1.94 bits per heavy atom. The molecule has 0 aliphatic heterocycles. The molecular weight excluding hydrogens is 220 g/mol. The van der Waals surface area contributed by atoms with Crippen LogP contribution in [-0.4, -0.2) is 18.3 Å². The van der Waals surface area contributed by atoms with Crippen molar-refractivity contribution in [3.8, 4) is 5.75 Å². The summed E-state index contributed by atoms with van der Waals surface area (Å²) in [6.07, 6.45) is 0.972. The van der Waals surface area contributed by atoms with Crippen molar-refractivity contribution in [3.63, 3.8) is 0 Å². The first-order valence-electron chi connectivity index (χ1n) is 5.32. The van der Waals surface area contributed by atoms with Crippen LogP contribution >= 0.6 is 0 Å². The van der Waals surface area contributed by atoms with Gasteiger partial charge in [-0.05, 0) is 31.0 Å². The molecule has 0 unspecified atom stereocenters. The molecule has 0 fully saturated rings. The minimum absolute atomic E-state index is 0.0197. The first-order chi connectivity index (χ1) is 8.11. The number of hydrogen-bond donors (Lipinski definition) is 2. The molecule has 3 N–H and O–H groups in total. The van der Waals surface area contributed by atoms with E-state index in [1.54, 1.807) is 12.1 Å². The normalized spacial score (nSPS) is 9.76. The first kappa shape index (κ1) is 13.2. The first-order valence-corrected chi connectivity index (χ1v) is 5.32. The third-order valence-electron chi connectivity index (χ3n) is 2.17. The van der Waals surface area contributed by atoms with E-state index in [-0.39, 0.29) is 18.3 Å². The van der Waals surface area contributed by atoms with Gasteiger partial charge in [0.05, 0.1) is 0 Å². The van der Waals surface area contributed by atoms with Crippen LogP contribution < -0.4 is 16.0 Å². The molecule has 0 saturated heterocycles. The summed E-state index contributed by atoms with van der Waals surface area (Å²) in [6, 6.07) is 7.27. The molecule has 0 saturated carbocycles. The molecule has 17 heavy (non-hydrogen) atoms. The quantitative estimate of drug-likeness (QED) is 0.430. The van der Waals surface area contributed by atoms with Crippen molar-refractivity contribution in [2.24, 2.45) is 5.84 Å². The van der Waals surface area contributed by atoms with Crippen LogP contribution in [0.3, 0.4) is 0 Å². The standard InChI is InChI=1S/C12H16N2O3/c1-9(15)8-17-11-5-2-10(3-6-11)4-7-12(16)14-13/h2-3,5-6H,4,7-8,13H2,1H3,(H,14,16). The number of hydrogen-bond acceptors (Lipinski definition) is 4. The second-order valence-electron chi connectivity index (χ2n) is 3.70. The number of benzene rings is 1. The number of ketones is 1. The molecule has 1 rings (SSSR count). The zero-order valence-corrected chi connectivity index (χ0v) is 9.73. The average Bonchev–Trinajstić information content (AvgIpc) is 2.34. The van der Waals surface area contributed by atoms with Crippen LogP contribution in [0.25, 0.3) is 0 Å². The minimum atomic E-state index is -0.193. The predicted octanol–water partition coefficient (Wildman–Crippen LogP) is 0.577. The van der Waals surface area contributed by atoms with Gasteiger partial charge in [0, 0.05) is 6.42 Å². The van der Waals surface area contributed by atoms with E-state index in [4.69, 9.17) is 10.6 Å². The fraction of sp³-hybridized carbons (Fsp3) is 0.333. The summed E-state index contributed by atoms with van der Waals surface area (Å²) in [5.41, 5.74) is 3.10. The van der Waals surface area contributed by atoms with Gasteiger partial charge in [-0.2, -0.15) is 0 Å². The highest BCUT2D eigenvalue weighted by Gasteiger charge is 2.01. The van der Waals surface area contributed by atoms with Crippen LogP contribution in [-0.2, 0) is 16.0 Å². The lowest BCUT2D eigenvalue weighted by Gasteiger charge is -2.05. The molecule has 0 heterocycles. The van der Waals surface area contributed by atoms with Crippen LogP contribution in [0.1, 0.15) is 18.9 Å². The molecule has 0 radical (unpaired) electrons. The number of amides is 1. The molecule has 5 heteroatoms. The summed E-state index contributed by atoms with van der Waals surface area (Å²) in [5.74, 6) is 5.41. The van der Waals surface area contributed by atoms with Crippen molar-refractivity contribution < 1.29 is 14.3 Å². The number of carbonyl (C=O) groups excluding carboxylic acids is 2. The van der Waals surface area contributed by atoms with Crippen LogP contribution in [0.4, 0.5) is 0 Å². The van der Waals surface area contributed by atoms with Crippen LogP contribution in [0.15, 0.2) is 24.3 Å². The molecule has 0 atom stereocenters. The lowest BCUT2D eigenvalue weighted by Crippen LogP contribution is -2.30. The van der Waals surface area contributed by atoms with Crippen molar-refractivity contribution in [2.45, 2.75) is 19.8 Å².